The number of anilines is 1. The second-order valence-corrected chi connectivity index (χ2v) is 4.41. The average Bonchev–Trinajstić information content (AvgIpc) is 2.37. The lowest BCUT2D eigenvalue weighted by Crippen LogP contribution is -2.23. The predicted octanol–water partition coefficient (Wildman–Crippen LogP) is 2.46. The maximum absolute atomic E-state index is 12.8. The molecule has 1 aromatic rings. The van der Waals surface area contributed by atoms with Crippen molar-refractivity contribution < 1.29 is 17.9 Å². The van der Waals surface area contributed by atoms with E-state index >= 15 is 0 Å². The van der Waals surface area contributed by atoms with Gasteiger partial charge in [0.1, 0.15) is 5.84 Å². The zero-order chi connectivity index (χ0) is 15.3. The normalized spacial score (nSPS) is 11.4. The highest BCUT2D eigenvalue weighted by Crippen LogP contribution is 2.33. The van der Waals surface area contributed by atoms with Crippen molar-refractivity contribution >= 4 is 11.5 Å². The second kappa shape index (κ2) is 6.60. The Bertz CT molecular complexity index is 474. The van der Waals surface area contributed by atoms with Crippen LogP contribution >= 0.6 is 0 Å². The lowest BCUT2D eigenvalue weighted by molar-refractivity contribution is -0.137. The van der Waals surface area contributed by atoms with Gasteiger partial charge in [0.2, 0.25) is 0 Å². The zero-order valence-corrected chi connectivity index (χ0v) is 11.4. The first-order valence-corrected chi connectivity index (χ1v) is 6.03. The number of nitrogens with two attached hydrogens (primary N) is 1. The highest BCUT2D eigenvalue weighted by Gasteiger charge is 2.34. The molecule has 1 rings (SSSR count). The number of halogens is 3. The molecule has 0 aliphatic rings. The molecule has 0 atom stereocenters. The summed E-state index contributed by atoms with van der Waals surface area (Å²) < 4.78 is 43.3. The van der Waals surface area contributed by atoms with E-state index in [2.05, 4.69) is 0 Å². The molecule has 20 heavy (non-hydrogen) atoms. The van der Waals surface area contributed by atoms with Gasteiger partial charge in [-0.1, -0.05) is 0 Å². The van der Waals surface area contributed by atoms with Gasteiger partial charge in [0.25, 0.3) is 0 Å². The number of nitrogen functional groups attached to an aromatic ring is 1. The minimum Gasteiger partial charge on any atom is -0.385 e. The molecule has 0 saturated carbocycles. The molecule has 0 saturated heterocycles. The molecular weight excluding hydrogens is 271 g/mol. The number of benzene rings is 1. The maximum Gasteiger partial charge on any atom is 0.417 e. The van der Waals surface area contributed by atoms with E-state index in [0.717, 1.165) is 12.5 Å². The van der Waals surface area contributed by atoms with Crippen LogP contribution in [0.4, 0.5) is 18.9 Å². The zero-order valence-electron chi connectivity index (χ0n) is 11.4. The van der Waals surface area contributed by atoms with Gasteiger partial charge < -0.3 is 15.4 Å². The molecule has 0 bridgehead atoms. The molecule has 0 aliphatic heterocycles. The molecule has 0 aliphatic carbocycles. The molecule has 0 unspecified atom stereocenters. The summed E-state index contributed by atoms with van der Waals surface area (Å²) in [5.74, 6) is -0.593. The van der Waals surface area contributed by atoms with Crippen molar-refractivity contribution in [1.29, 1.82) is 5.41 Å². The van der Waals surface area contributed by atoms with E-state index in [4.69, 9.17) is 15.9 Å². The Morgan fingerprint density at radius 3 is 2.55 bits per heavy atom. The summed E-state index contributed by atoms with van der Waals surface area (Å²) in [6.45, 7) is 1.21. The first kappa shape index (κ1) is 16.3. The maximum atomic E-state index is 12.8. The Morgan fingerprint density at radius 1 is 1.40 bits per heavy atom. The van der Waals surface area contributed by atoms with Crippen molar-refractivity contribution in [3.8, 4) is 0 Å². The summed E-state index contributed by atoms with van der Waals surface area (Å²) in [6, 6.07) is 3.62. The highest BCUT2D eigenvalue weighted by atomic mass is 19.4. The van der Waals surface area contributed by atoms with Crippen molar-refractivity contribution in [2.45, 2.75) is 12.6 Å². The number of nitrogens with one attached hydrogen (secondary N) is 1. The lowest BCUT2D eigenvalue weighted by Gasteiger charge is -2.21. The summed E-state index contributed by atoms with van der Waals surface area (Å²) in [6.07, 6.45) is -3.77. The fourth-order valence-electron chi connectivity index (χ4n) is 1.81. The van der Waals surface area contributed by atoms with E-state index in [1.54, 1.807) is 19.1 Å². The quantitative estimate of drug-likeness (QED) is 0.480. The van der Waals surface area contributed by atoms with Crippen LogP contribution < -0.4 is 10.6 Å². The van der Waals surface area contributed by atoms with Crippen LogP contribution in [0.15, 0.2) is 18.2 Å². The van der Waals surface area contributed by atoms with E-state index in [0.29, 0.717) is 18.8 Å². The Morgan fingerprint density at radius 2 is 2.05 bits per heavy atom. The molecule has 1 aromatic carbocycles. The molecule has 0 spiro atoms. The topological polar surface area (TPSA) is 62.3 Å². The van der Waals surface area contributed by atoms with Gasteiger partial charge >= 0.3 is 6.18 Å². The highest BCUT2D eigenvalue weighted by molar-refractivity contribution is 5.97. The van der Waals surface area contributed by atoms with Crippen molar-refractivity contribution in [3.05, 3.63) is 29.3 Å². The predicted molar refractivity (Wildman–Crippen MR) is 72.2 cm³/mol. The average molecular weight is 289 g/mol. The van der Waals surface area contributed by atoms with Gasteiger partial charge in [-0.2, -0.15) is 13.2 Å². The summed E-state index contributed by atoms with van der Waals surface area (Å²) >= 11 is 0. The van der Waals surface area contributed by atoms with Crippen molar-refractivity contribution in [2.75, 3.05) is 32.2 Å². The fraction of sp³-hybridized carbons (Fsp3) is 0.462. The number of nitrogens with zero attached hydrogens (tertiary/aromatic N) is 1. The number of methoxy groups -OCH3 is 1. The van der Waals surface area contributed by atoms with Gasteiger partial charge in [-0.15, -0.1) is 0 Å². The monoisotopic (exact) mass is 289 g/mol. The summed E-state index contributed by atoms with van der Waals surface area (Å²) in [7, 11) is 3.36. The smallest absolute Gasteiger partial charge is 0.385 e. The molecule has 0 amide bonds. The van der Waals surface area contributed by atoms with Gasteiger partial charge in [0.15, 0.2) is 0 Å². The SMILES string of the molecule is COCCCN(C)c1ccc(C(F)(F)F)c(C(=N)N)c1. The van der Waals surface area contributed by atoms with Gasteiger partial charge in [0, 0.05) is 38.6 Å². The van der Waals surface area contributed by atoms with Crippen LogP contribution in [0.1, 0.15) is 17.5 Å². The van der Waals surface area contributed by atoms with Crippen molar-refractivity contribution in [1.82, 2.24) is 0 Å². The number of rotatable bonds is 6. The number of hydrogen-bond donors (Lipinski definition) is 2. The van der Waals surface area contributed by atoms with E-state index in [9.17, 15) is 13.2 Å². The first-order valence-electron chi connectivity index (χ1n) is 6.03. The second-order valence-electron chi connectivity index (χ2n) is 4.41. The Labute approximate surface area is 115 Å². The van der Waals surface area contributed by atoms with Gasteiger partial charge in [0.05, 0.1) is 5.56 Å². The van der Waals surface area contributed by atoms with Gasteiger partial charge in [-0.3, -0.25) is 5.41 Å². The molecule has 0 heterocycles. The van der Waals surface area contributed by atoms with Crippen molar-refractivity contribution in [3.63, 3.8) is 0 Å². The molecular formula is C13H18F3N3O. The van der Waals surface area contributed by atoms with Crippen LogP contribution in [0.25, 0.3) is 0 Å². The van der Waals surface area contributed by atoms with E-state index < -0.39 is 17.6 Å². The first-order chi connectivity index (χ1) is 9.27. The Hall–Kier alpha value is -1.76. The minimum absolute atomic E-state index is 0.298. The van der Waals surface area contributed by atoms with Crippen LogP contribution in [-0.2, 0) is 10.9 Å². The number of hydrogen-bond acceptors (Lipinski definition) is 3. The van der Waals surface area contributed by atoms with E-state index in [1.807, 2.05) is 0 Å². The minimum atomic E-state index is -4.52. The number of ether oxygens (including phenoxy) is 1. The standard InChI is InChI=1S/C13H18F3N3O/c1-19(6-3-7-20-2)9-4-5-11(13(14,15)16)10(8-9)12(17)18/h4-5,8H,3,6-7H2,1-2H3,(H3,17,18). The Balaban J connectivity index is 3.02. The van der Waals surface area contributed by atoms with Gasteiger partial charge in [-0.25, -0.2) is 0 Å². The summed E-state index contributed by atoms with van der Waals surface area (Å²) in [4.78, 5) is 1.80. The third-order valence-corrected chi connectivity index (χ3v) is 2.88. The van der Waals surface area contributed by atoms with Crippen molar-refractivity contribution in [2.24, 2.45) is 5.73 Å². The van der Waals surface area contributed by atoms with Crippen LogP contribution in [0.2, 0.25) is 0 Å². The van der Waals surface area contributed by atoms with Crippen LogP contribution in [-0.4, -0.2) is 33.1 Å². The van der Waals surface area contributed by atoms with Gasteiger partial charge in [-0.05, 0) is 24.6 Å². The molecule has 0 fully saturated rings. The third kappa shape index (κ3) is 4.12. The van der Waals surface area contributed by atoms with Crippen LogP contribution in [0.5, 0.6) is 0 Å². The Kier molecular flexibility index (Phi) is 5.38. The van der Waals surface area contributed by atoms with Crippen LogP contribution in [0, 0.1) is 5.41 Å². The molecule has 3 N–H and O–H groups in total. The number of amidine groups is 1. The molecule has 0 radical (unpaired) electrons. The number of alkyl halides is 3. The third-order valence-electron chi connectivity index (χ3n) is 2.88. The molecule has 112 valence electrons. The summed E-state index contributed by atoms with van der Waals surface area (Å²) in [5, 5.41) is 7.30. The van der Waals surface area contributed by atoms with E-state index in [1.165, 1.54) is 12.1 Å². The van der Waals surface area contributed by atoms with Crippen LogP contribution in [0.3, 0.4) is 0 Å². The van der Waals surface area contributed by atoms with E-state index in [-0.39, 0.29) is 5.56 Å². The molecule has 0 aromatic heterocycles. The fourth-order valence-corrected chi connectivity index (χ4v) is 1.81. The largest absolute Gasteiger partial charge is 0.417 e. The lowest BCUT2D eigenvalue weighted by atomic mass is 10.0. The molecule has 7 heteroatoms. The summed E-state index contributed by atoms with van der Waals surface area (Å²) in [5.41, 5.74) is 4.64. The molecule has 4 nitrogen and oxygen atoms in total.